The first-order chi connectivity index (χ1) is 8.50. The second-order valence-corrected chi connectivity index (χ2v) is 4.91. The molecule has 1 amide bonds. The van der Waals surface area contributed by atoms with Gasteiger partial charge < -0.3 is 19.5 Å². The zero-order valence-electron chi connectivity index (χ0n) is 10.7. The van der Waals surface area contributed by atoms with Gasteiger partial charge in [0.1, 0.15) is 6.10 Å². The smallest absolute Gasteiger partial charge is 0.332 e. The van der Waals surface area contributed by atoms with Gasteiger partial charge in [-0.2, -0.15) is 0 Å². The zero-order chi connectivity index (χ0) is 13.3. The highest BCUT2D eigenvalue weighted by Gasteiger charge is 2.39. The van der Waals surface area contributed by atoms with E-state index in [0.717, 1.165) is 6.42 Å². The summed E-state index contributed by atoms with van der Waals surface area (Å²) < 4.78 is 10.7. The molecule has 2 saturated heterocycles. The summed E-state index contributed by atoms with van der Waals surface area (Å²) >= 11 is 0. The van der Waals surface area contributed by atoms with Crippen molar-refractivity contribution in [2.45, 2.75) is 50.5 Å². The van der Waals surface area contributed by atoms with Gasteiger partial charge in [-0.1, -0.05) is 0 Å². The van der Waals surface area contributed by atoms with E-state index < -0.39 is 18.2 Å². The van der Waals surface area contributed by atoms with E-state index >= 15 is 0 Å². The van der Waals surface area contributed by atoms with Crippen molar-refractivity contribution in [3.63, 3.8) is 0 Å². The van der Waals surface area contributed by atoms with E-state index in [2.05, 4.69) is 0 Å². The second-order valence-electron chi connectivity index (χ2n) is 4.91. The topological polar surface area (TPSA) is 76.1 Å². The second kappa shape index (κ2) is 5.24. The highest BCUT2D eigenvalue weighted by atomic mass is 16.5. The molecule has 18 heavy (non-hydrogen) atoms. The van der Waals surface area contributed by atoms with Gasteiger partial charge >= 0.3 is 5.97 Å². The molecule has 0 spiro atoms. The van der Waals surface area contributed by atoms with Crippen molar-refractivity contribution in [1.29, 1.82) is 0 Å². The third-order valence-electron chi connectivity index (χ3n) is 3.75. The number of rotatable bonds is 3. The molecule has 4 atom stereocenters. The molecule has 4 unspecified atom stereocenters. The monoisotopic (exact) mass is 257 g/mol. The molecule has 102 valence electrons. The molecule has 0 aromatic heterocycles. The van der Waals surface area contributed by atoms with Crippen LogP contribution < -0.4 is 0 Å². The van der Waals surface area contributed by atoms with E-state index in [4.69, 9.17) is 14.6 Å². The highest BCUT2D eigenvalue weighted by Crippen LogP contribution is 2.24. The van der Waals surface area contributed by atoms with E-state index in [1.807, 2.05) is 6.92 Å². The Bertz CT molecular complexity index is 345. The van der Waals surface area contributed by atoms with Crippen LogP contribution in [0.25, 0.3) is 0 Å². The molecule has 0 bridgehead atoms. The normalized spacial score (nSPS) is 35.7. The molecule has 0 aromatic carbocycles. The molecule has 2 rings (SSSR count). The average molecular weight is 257 g/mol. The number of carbonyl (C=O) groups is 2. The molecule has 6 nitrogen and oxygen atoms in total. The third-order valence-corrected chi connectivity index (χ3v) is 3.75. The number of aliphatic carboxylic acids is 1. The van der Waals surface area contributed by atoms with Crippen LogP contribution in [0.15, 0.2) is 0 Å². The molecule has 0 radical (unpaired) electrons. The Morgan fingerprint density at radius 2 is 1.89 bits per heavy atom. The molecule has 6 heteroatoms. The summed E-state index contributed by atoms with van der Waals surface area (Å²) in [6.45, 7) is 2.60. The lowest BCUT2D eigenvalue weighted by atomic mass is 10.1. The van der Waals surface area contributed by atoms with E-state index in [1.54, 1.807) is 11.9 Å². The molecular weight excluding hydrogens is 238 g/mol. The number of hydrogen-bond acceptors (Lipinski definition) is 4. The number of carboxylic acid groups (broad SMARTS) is 1. The van der Waals surface area contributed by atoms with Gasteiger partial charge in [0.25, 0.3) is 5.91 Å². The summed E-state index contributed by atoms with van der Waals surface area (Å²) in [5, 5.41) is 8.84. The fourth-order valence-corrected chi connectivity index (χ4v) is 2.62. The van der Waals surface area contributed by atoms with Crippen LogP contribution in [0.2, 0.25) is 0 Å². The van der Waals surface area contributed by atoms with E-state index in [-0.39, 0.29) is 18.1 Å². The van der Waals surface area contributed by atoms with Crippen molar-refractivity contribution in [2.24, 2.45) is 0 Å². The van der Waals surface area contributed by atoms with Crippen molar-refractivity contribution < 1.29 is 24.2 Å². The van der Waals surface area contributed by atoms with Gasteiger partial charge in [0.15, 0.2) is 6.10 Å². The molecule has 0 aromatic rings. The Hall–Kier alpha value is -1.14. The van der Waals surface area contributed by atoms with Crippen molar-refractivity contribution in [2.75, 3.05) is 13.7 Å². The van der Waals surface area contributed by atoms with E-state index in [0.29, 0.717) is 19.4 Å². The summed E-state index contributed by atoms with van der Waals surface area (Å²) in [4.78, 5) is 24.6. The molecular formula is C12H19NO5. The first-order valence-electron chi connectivity index (χ1n) is 6.27. The molecule has 0 aliphatic carbocycles. The predicted octanol–water partition coefficient (Wildman–Crippen LogP) is 0.254. The van der Waals surface area contributed by atoms with Gasteiger partial charge in [-0.3, -0.25) is 4.79 Å². The van der Waals surface area contributed by atoms with Crippen LogP contribution in [-0.2, 0) is 19.1 Å². The van der Waals surface area contributed by atoms with Crippen LogP contribution >= 0.6 is 0 Å². The van der Waals surface area contributed by atoms with Crippen molar-refractivity contribution in [3.05, 3.63) is 0 Å². The number of carboxylic acids is 1. The summed E-state index contributed by atoms with van der Waals surface area (Å²) in [6.07, 6.45) is 0.251. The van der Waals surface area contributed by atoms with Gasteiger partial charge in [0, 0.05) is 13.7 Å². The van der Waals surface area contributed by atoms with Gasteiger partial charge in [-0.25, -0.2) is 4.79 Å². The van der Waals surface area contributed by atoms with Crippen LogP contribution in [0.3, 0.4) is 0 Å². The number of hydrogen-bond donors (Lipinski definition) is 1. The molecule has 2 fully saturated rings. The highest BCUT2D eigenvalue weighted by molar-refractivity contribution is 5.82. The Kier molecular flexibility index (Phi) is 3.87. The minimum absolute atomic E-state index is 0.0237. The van der Waals surface area contributed by atoms with E-state index in [9.17, 15) is 9.59 Å². The quantitative estimate of drug-likeness (QED) is 0.784. The molecule has 1 N–H and O–H groups in total. The lowest BCUT2D eigenvalue weighted by Crippen LogP contribution is -2.46. The van der Waals surface area contributed by atoms with Gasteiger partial charge in [-0.15, -0.1) is 0 Å². The van der Waals surface area contributed by atoms with Crippen molar-refractivity contribution in [1.82, 2.24) is 4.90 Å². The number of likely N-dealkylation sites (N-methyl/N-ethyl adjacent to an activating group) is 1. The fraction of sp³-hybridized carbons (Fsp3) is 0.833. The standard InChI is InChI=1S/C12H19NO5/c1-7-8(5-6-17-7)13(2)11(14)9-3-4-10(18-9)12(15)16/h7-10H,3-6H2,1-2H3,(H,15,16). The predicted molar refractivity (Wildman–Crippen MR) is 62.1 cm³/mol. The SMILES string of the molecule is CC1OCCC1N(C)C(=O)C1CCC(C(=O)O)O1. The molecule has 2 aliphatic heterocycles. The van der Waals surface area contributed by atoms with Crippen LogP contribution in [-0.4, -0.2) is 59.9 Å². The van der Waals surface area contributed by atoms with Gasteiger partial charge in [0.2, 0.25) is 0 Å². The fourth-order valence-electron chi connectivity index (χ4n) is 2.62. The number of carbonyl (C=O) groups excluding carboxylic acids is 1. The minimum Gasteiger partial charge on any atom is -0.479 e. The van der Waals surface area contributed by atoms with Crippen LogP contribution in [0, 0.1) is 0 Å². The maximum atomic E-state index is 12.2. The third kappa shape index (κ3) is 2.49. The average Bonchev–Trinajstić information content (AvgIpc) is 2.95. The lowest BCUT2D eigenvalue weighted by Gasteiger charge is -2.28. The summed E-state index contributed by atoms with van der Waals surface area (Å²) in [5.41, 5.74) is 0. The van der Waals surface area contributed by atoms with Crippen molar-refractivity contribution in [3.8, 4) is 0 Å². The molecule has 2 heterocycles. The Morgan fingerprint density at radius 3 is 2.39 bits per heavy atom. The zero-order valence-corrected chi connectivity index (χ0v) is 10.7. The van der Waals surface area contributed by atoms with E-state index in [1.165, 1.54) is 0 Å². The van der Waals surface area contributed by atoms with Crippen LogP contribution in [0.5, 0.6) is 0 Å². The van der Waals surface area contributed by atoms with Crippen LogP contribution in [0.4, 0.5) is 0 Å². The van der Waals surface area contributed by atoms with Crippen molar-refractivity contribution >= 4 is 11.9 Å². The number of amides is 1. The lowest BCUT2D eigenvalue weighted by molar-refractivity contribution is -0.155. The Morgan fingerprint density at radius 1 is 1.22 bits per heavy atom. The summed E-state index contributed by atoms with van der Waals surface area (Å²) in [6, 6.07) is 0.0602. The largest absolute Gasteiger partial charge is 0.479 e. The first-order valence-corrected chi connectivity index (χ1v) is 6.27. The first kappa shape index (κ1) is 13.3. The van der Waals surface area contributed by atoms with Gasteiger partial charge in [-0.05, 0) is 26.2 Å². The molecule has 2 aliphatic rings. The summed E-state index contributed by atoms with van der Waals surface area (Å²) in [7, 11) is 1.73. The van der Waals surface area contributed by atoms with Crippen LogP contribution in [0.1, 0.15) is 26.2 Å². The Labute approximate surface area is 106 Å². The Balaban J connectivity index is 1.93. The number of nitrogens with zero attached hydrogens (tertiary/aromatic N) is 1. The summed E-state index contributed by atoms with van der Waals surface area (Å²) in [5.74, 6) is -1.13. The maximum Gasteiger partial charge on any atom is 0.332 e. The van der Waals surface area contributed by atoms with Gasteiger partial charge in [0.05, 0.1) is 12.1 Å². The number of ether oxygens (including phenoxy) is 2. The minimum atomic E-state index is -0.995. The molecule has 0 saturated carbocycles. The maximum absolute atomic E-state index is 12.2.